The molecule has 1 fully saturated rings. The van der Waals surface area contributed by atoms with E-state index in [9.17, 15) is 0 Å². The van der Waals surface area contributed by atoms with Crippen LogP contribution in [0.1, 0.15) is 37.7 Å². The van der Waals surface area contributed by atoms with E-state index in [4.69, 9.17) is 5.73 Å². The largest absolute Gasteiger partial charge is 0.397 e. The van der Waals surface area contributed by atoms with E-state index in [2.05, 4.69) is 32.9 Å². The Morgan fingerprint density at radius 2 is 2.06 bits per heavy atom. The van der Waals surface area contributed by atoms with E-state index in [0.29, 0.717) is 0 Å². The normalized spacial score (nSPS) is 16.8. The fourth-order valence-corrected chi connectivity index (χ4v) is 3.32. The number of pyridine rings is 1. The monoisotopic (exact) mass is 311 g/mol. The number of rotatable bonds is 3. The molecule has 1 aromatic heterocycles. The minimum atomic E-state index is 0.747. The molecule has 1 aliphatic rings. The Morgan fingerprint density at radius 1 is 1.39 bits per heavy atom. The van der Waals surface area contributed by atoms with Crippen molar-refractivity contribution in [1.29, 1.82) is 0 Å². The molecule has 0 aromatic carbocycles. The first-order valence-electron chi connectivity index (χ1n) is 6.71. The van der Waals surface area contributed by atoms with Crippen molar-refractivity contribution in [3.63, 3.8) is 0 Å². The number of hydrogen-bond acceptors (Lipinski definition) is 3. The molecule has 1 aromatic rings. The third kappa shape index (κ3) is 2.97. The van der Waals surface area contributed by atoms with Crippen LogP contribution >= 0.6 is 15.9 Å². The first-order valence-corrected chi connectivity index (χ1v) is 7.50. The van der Waals surface area contributed by atoms with E-state index in [1.807, 2.05) is 6.92 Å². The zero-order chi connectivity index (χ0) is 13.1. The summed E-state index contributed by atoms with van der Waals surface area (Å²) >= 11 is 3.61. The van der Waals surface area contributed by atoms with E-state index < -0.39 is 0 Å². The Morgan fingerprint density at radius 3 is 2.72 bits per heavy atom. The minimum Gasteiger partial charge on any atom is -0.397 e. The number of aromatic nitrogens is 1. The molecule has 0 amide bonds. The van der Waals surface area contributed by atoms with Gasteiger partial charge in [0, 0.05) is 13.6 Å². The van der Waals surface area contributed by atoms with Crippen LogP contribution in [0.2, 0.25) is 0 Å². The molecule has 0 saturated heterocycles. The van der Waals surface area contributed by atoms with Crippen LogP contribution in [0.15, 0.2) is 10.7 Å². The standard InChI is InChI=1S/C14H22BrN3/c1-10-12(16)8-17-14(13(10)15)18(2)9-11-6-4-3-5-7-11/h8,11H,3-7,9,16H2,1-2H3. The van der Waals surface area contributed by atoms with Gasteiger partial charge in [0.1, 0.15) is 5.82 Å². The average molecular weight is 312 g/mol. The maximum Gasteiger partial charge on any atom is 0.143 e. The summed E-state index contributed by atoms with van der Waals surface area (Å²) in [4.78, 5) is 6.71. The molecule has 1 saturated carbocycles. The van der Waals surface area contributed by atoms with Crippen LogP contribution in [0.25, 0.3) is 0 Å². The van der Waals surface area contributed by atoms with Gasteiger partial charge >= 0.3 is 0 Å². The lowest BCUT2D eigenvalue weighted by atomic mass is 9.89. The van der Waals surface area contributed by atoms with E-state index in [0.717, 1.165) is 34.0 Å². The molecule has 2 N–H and O–H groups in total. The predicted octanol–water partition coefficient (Wildman–Crippen LogP) is 3.75. The first kappa shape index (κ1) is 13.7. The van der Waals surface area contributed by atoms with Gasteiger partial charge in [0.2, 0.25) is 0 Å². The summed E-state index contributed by atoms with van der Waals surface area (Å²) < 4.78 is 1.03. The van der Waals surface area contributed by atoms with Crippen molar-refractivity contribution < 1.29 is 0 Å². The molecular weight excluding hydrogens is 290 g/mol. The zero-order valence-electron chi connectivity index (χ0n) is 11.2. The van der Waals surface area contributed by atoms with Gasteiger partial charge < -0.3 is 10.6 Å². The summed E-state index contributed by atoms with van der Waals surface area (Å²) in [5, 5.41) is 0. The quantitative estimate of drug-likeness (QED) is 0.924. The Hall–Kier alpha value is -0.770. The van der Waals surface area contributed by atoms with Gasteiger partial charge in [-0.3, -0.25) is 0 Å². The highest BCUT2D eigenvalue weighted by Gasteiger charge is 2.18. The molecule has 0 radical (unpaired) electrons. The van der Waals surface area contributed by atoms with Gasteiger partial charge in [0.05, 0.1) is 16.4 Å². The van der Waals surface area contributed by atoms with Gasteiger partial charge in [0.15, 0.2) is 0 Å². The van der Waals surface area contributed by atoms with E-state index in [-0.39, 0.29) is 0 Å². The van der Waals surface area contributed by atoms with Crippen molar-refractivity contribution in [1.82, 2.24) is 4.98 Å². The predicted molar refractivity (Wildman–Crippen MR) is 80.9 cm³/mol. The second-order valence-electron chi connectivity index (χ2n) is 5.36. The summed E-state index contributed by atoms with van der Waals surface area (Å²) in [6, 6.07) is 0. The lowest BCUT2D eigenvalue weighted by Crippen LogP contribution is -2.28. The molecule has 0 bridgehead atoms. The molecule has 18 heavy (non-hydrogen) atoms. The number of anilines is 2. The molecular formula is C14H22BrN3. The van der Waals surface area contributed by atoms with E-state index in [1.54, 1.807) is 6.20 Å². The lowest BCUT2D eigenvalue weighted by molar-refractivity contribution is 0.361. The zero-order valence-corrected chi connectivity index (χ0v) is 12.8. The van der Waals surface area contributed by atoms with Crippen LogP contribution in [-0.4, -0.2) is 18.6 Å². The molecule has 1 aliphatic carbocycles. The van der Waals surface area contributed by atoms with Crippen LogP contribution in [0, 0.1) is 12.8 Å². The summed E-state index contributed by atoms with van der Waals surface area (Å²) in [6.45, 7) is 3.12. The van der Waals surface area contributed by atoms with Gasteiger partial charge in [-0.05, 0) is 47.2 Å². The fourth-order valence-electron chi connectivity index (χ4n) is 2.69. The summed E-state index contributed by atoms with van der Waals surface area (Å²) in [6.07, 6.45) is 8.64. The van der Waals surface area contributed by atoms with Gasteiger partial charge in [-0.25, -0.2) is 4.98 Å². The molecule has 4 heteroatoms. The second kappa shape index (κ2) is 5.91. The third-order valence-corrected chi connectivity index (χ3v) is 4.85. The molecule has 100 valence electrons. The van der Waals surface area contributed by atoms with Crippen LogP contribution < -0.4 is 10.6 Å². The highest BCUT2D eigenvalue weighted by Crippen LogP contribution is 2.31. The number of halogens is 1. The highest BCUT2D eigenvalue weighted by atomic mass is 79.9. The second-order valence-corrected chi connectivity index (χ2v) is 6.15. The van der Waals surface area contributed by atoms with Crippen LogP contribution in [0.4, 0.5) is 11.5 Å². The Bertz CT molecular complexity index is 414. The van der Waals surface area contributed by atoms with Crippen LogP contribution in [0.5, 0.6) is 0 Å². The molecule has 0 unspecified atom stereocenters. The molecule has 0 spiro atoms. The van der Waals surface area contributed by atoms with Gasteiger partial charge in [-0.2, -0.15) is 0 Å². The Balaban J connectivity index is 2.08. The summed E-state index contributed by atoms with van der Waals surface area (Å²) in [5.74, 6) is 1.82. The van der Waals surface area contributed by atoms with Crippen LogP contribution in [-0.2, 0) is 0 Å². The SMILES string of the molecule is Cc1c(N)cnc(N(C)CC2CCCCC2)c1Br. The number of nitrogens with two attached hydrogens (primary N) is 1. The average Bonchev–Trinajstić information content (AvgIpc) is 2.37. The maximum absolute atomic E-state index is 5.86. The smallest absolute Gasteiger partial charge is 0.143 e. The fraction of sp³-hybridized carbons (Fsp3) is 0.643. The molecule has 1 heterocycles. The van der Waals surface area contributed by atoms with Crippen molar-refractivity contribution >= 4 is 27.4 Å². The third-order valence-electron chi connectivity index (χ3n) is 3.90. The number of nitrogen functional groups attached to an aromatic ring is 1. The number of hydrogen-bond donors (Lipinski definition) is 1. The Labute approximate surface area is 118 Å². The molecule has 0 aliphatic heterocycles. The van der Waals surface area contributed by atoms with Crippen molar-refractivity contribution in [2.24, 2.45) is 5.92 Å². The number of nitrogens with zero attached hydrogens (tertiary/aromatic N) is 2. The first-order chi connectivity index (χ1) is 8.59. The van der Waals surface area contributed by atoms with E-state index >= 15 is 0 Å². The van der Waals surface area contributed by atoms with Crippen molar-refractivity contribution in [3.05, 3.63) is 16.2 Å². The van der Waals surface area contributed by atoms with Crippen molar-refractivity contribution in [2.45, 2.75) is 39.0 Å². The van der Waals surface area contributed by atoms with Crippen molar-refractivity contribution in [3.8, 4) is 0 Å². The topological polar surface area (TPSA) is 42.1 Å². The lowest BCUT2D eigenvalue weighted by Gasteiger charge is -2.28. The van der Waals surface area contributed by atoms with Gasteiger partial charge in [-0.1, -0.05) is 19.3 Å². The van der Waals surface area contributed by atoms with Crippen LogP contribution in [0.3, 0.4) is 0 Å². The highest BCUT2D eigenvalue weighted by molar-refractivity contribution is 9.10. The van der Waals surface area contributed by atoms with E-state index in [1.165, 1.54) is 32.1 Å². The maximum atomic E-state index is 5.86. The minimum absolute atomic E-state index is 0.747. The van der Waals surface area contributed by atoms with Gasteiger partial charge in [-0.15, -0.1) is 0 Å². The molecule has 3 nitrogen and oxygen atoms in total. The van der Waals surface area contributed by atoms with Crippen molar-refractivity contribution in [2.75, 3.05) is 24.2 Å². The summed E-state index contributed by atoms with van der Waals surface area (Å²) in [7, 11) is 2.12. The summed E-state index contributed by atoms with van der Waals surface area (Å²) in [5.41, 5.74) is 7.69. The Kier molecular flexibility index (Phi) is 4.49. The van der Waals surface area contributed by atoms with Gasteiger partial charge in [0.25, 0.3) is 0 Å². The molecule has 0 atom stereocenters. The molecule has 2 rings (SSSR count).